The minimum absolute atomic E-state index is 0.112. The molecule has 104 valence electrons. The van der Waals surface area contributed by atoms with Crippen molar-refractivity contribution in [3.05, 3.63) is 22.8 Å². The first-order chi connectivity index (χ1) is 9.06. The van der Waals surface area contributed by atoms with Crippen LogP contribution in [-0.4, -0.2) is 33.8 Å². The quantitative estimate of drug-likeness (QED) is 0.740. The summed E-state index contributed by atoms with van der Waals surface area (Å²) in [7, 11) is 0. The second-order valence-electron chi connectivity index (χ2n) is 4.90. The van der Waals surface area contributed by atoms with Crippen molar-refractivity contribution in [3.63, 3.8) is 0 Å². The number of hydrogen-bond donors (Lipinski definition) is 3. The number of aliphatic hydroxyl groups excluding tert-OH is 1. The van der Waals surface area contributed by atoms with Gasteiger partial charge in [0, 0.05) is 6.54 Å². The Hall–Kier alpha value is -1.33. The lowest BCUT2D eigenvalue weighted by Gasteiger charge is -2.26. The number of hydrogen-bond acceptors (Lipinski definition) is 4. The fraction of sp³-hybridized carbons (Fsp3) is 0.538. The predicted molar refractivity (Wildman–Crippen MR) is 72.7 cm³/mol. The normalized spacial score (nSPS) is 23.1. The Balaban J connectivity index is 2.02. The van der Waals surface area contributed by atoms with Crippen LogP contribution < -0.4 is 5.32 Å². The molecule has 3 N–H and O–H groups in total. The Morgan fingerprint density at radius 1 is 1.47 bits per heavy atom. The lowest BCUT2D eigenvalue weighted by Crippen LogP contribution is -2.25. The van der Waals surface area contributed by atoms with E-state index in [-0.39, 0.29) is 16.8 Å². The SMILES string of the molecule is O=C(O)c1ccc(Cl)nc1NCC1CCCC(O)C1. The summed E-state index contributed by atoms with van der Waals surface area (Å²) < 4.78 is 0. The highest BCUT2D eigenvalue weighted by Crippen LogP contribution is 2.25. The highest BCUT2D eigenvalue weighted by atomic mass is 35.5. The predicted octanol–water partition coefficient (Wildman–Crippen LogP) is 2.40. The average Bonchev–Trinajstić information content (AvgIpc) is 2.36. The van der Waals surface area contributed by atoms with Crippen molar-refractivity contribution in [1.82, 2.24) is 4.98 Å². The van der Waals surface area contributed by atoms with E-state index in [4.69, 9.17) is 16.7 Å². The zero-order valence-electron chi connectivity index (χ0n) is 10.5. The number of aromatic nitrogens is 1. The van der Waals surface area contributed by atoms with E-state index >= 15 is 0 Å². The van der Waals surface area contributed by atoms with Crippen LogP contribution in [0.4, 0.5) is 5.82 Å². The summed E-state index contributed by atoms with van der Waals surface area (Å²) in [6.07, 6.45) is 3.39. The second-order valence-corrected chi connectivity index (χ2v) is 5.29. The summed E-state index contributed by atoms with van der Waals surface area (Å²) in [5.41, 5.74) is 0.112. The zero-order chi connectivity index (χ0) is 13.8. The number of carboxylic acids is 1. The lowest BCUT2D eigenvalue weighted by atomic mass is 9.87. The van der Waals surface area contributed by atoms with Gasteiger partial charge < -0.3 is 15.5 Å². The maximum Gasteiger partial charge on any atom is 0.339 e. The van der Waals surface area contributed by atoms with Gasteiger partial charge in [-0.05, 0) is 37.3 Å². The molecule has 1 heterocycles. The second kappa shape index (κ2) is 6.21. The molecule has 5 nitrogen and oxygen atoms in total. The minimum Gasteiger partial charge on any atom is -0.478 e. The van der Waals surface area contributed by atoms with Gasteiger partial charge >= 0.3 is 5.97 Å². The van der Waals surface area contributed by atoms with Gasteiger partial charge in [0.05, 0.1) is 6.10 Å². The molecule has 0 spiro atoms. The first-order valence-electron chi connectivity index (χ1n) is 6.38. The lowest BCUT2D eigenvalue weighted by molar-refractivity contribution is 0.0697. The fourth-order valence-corrected chi connectivity index (χ4v) is 2.58. The third-order valence-corrected chi connectivity index (χ3v) is 3.62. The smallest absolute Gasteiger partial charge is 0.339 e. The van der Waals surface area contributed by atoms with Gasteiger partial charge in [-0.1, -0.05) is 18.0 Å². The summed E-state index contributed by atoms with van der Waals surface area (Å²) in [4.78, 5) is 15.1. The summed E-state index contributed by atoms with van der Waals surface area (Å²) in [5.74, 6) is -0.401. The molecule has 0 aliphatic heterocycles. The number of nitrogens with one attached hydrogen (secondary N) is 1. The minimum atomic E-state index is -1.03. The van der Waals surface area contributed by atoms with Gasteiger partial charge in [-0.25, -0.2) is 9.78 Å². The number of halogens is 1. The van der Waals surface area contributed by atoms with E-state index in [1.807, 2.05) is 0 Å². The van der Waals surface area contributed by atoms with E-state index in [1.54, 1.807) is 0 Å². The van der Waals surface area contributed by atoms with Crippen LogP contribution in [0.15, 0.2) is 12.1 Å². The molecule has 2 atom stereocenters. The van der Waals surface area contributed by atoms with Gasteiger partial charge in [0.15, 0.2) is 0 Å². The number of pyridine rings is 1. The molecule has 2 unspecified atom stereocenters. The molecule has 1 fully saturated rings. The van der Waals surface area contributed by atoms with Gasteiger partial charge in [0.25, 0.3) is 0 Å². The van der Waals surface area contributed by atoms with Gasteiger partial charge in [0.2, 0.25) is 0 Å². The Labute approximate surface area is 116 Å². The molecule has 1 aliphatic carbocycles. The van der Waals surface area contributed by atoms with Crippen LogP contribution in [0.5, 0.6) is 0 Å². The average molecular weight is 285 g/mol. The van der Waals surface area contributed by atoms with Crippen LogP contribution in [0.3, 0.4) is 0 Å². The van der Waals surface area contributed by atoms with Gasteiger partial charge in [-0.3, -0.25) is 0 Å². The Kier molecular flexibility index (Phi) is 4.61. The van der Waals surface area contributed by atoms with Crippen LogP contribution in [0, 0.1) is 5.92 Å². The standard InChI is InChI=1S/C13H17ClN2O3/c14-11-5-4-10(13(18)19)12(16-11)15-7-8-2-1-3-9(17)6-8/h4-5,8-9,17H,1-3,6-7H2,(H,15,16)(H,18,19). The summed E-state index contributed by atoms with van der Waals surface area (Å²) in [6, 6.07) is 2.90. The van der Waals surface area contributed by atoms with Crippen molar-refractivity contribution in [2.75, 3.05) is 11.9 Å². The zero-order valence-corrected chi connectivity index (χ0v) is 11.2. The van der Waals surface area contributed by atoms with E-state index in [9.17, 15) is 9.90 Å². The first-order valence-corrected chi connectivity index (χ1v) is 6.76. The molecule has 1 saturated carbocycles. The molecule has 2 rings (SSSR count). The molecule has 19 heavy (non-hydrogen) atoms. The number of nitrogens with zero attached hydrogens (tertiary/aromatic N) is 1. The number of anilines is 1. The molecular formula is C13H17ClN2O3. The monoisotopic (exact) mass is 284 g/mol. The molecule has 0 saturated heterocycles. The number of carbonyl (C=O) groups is 1. The molecule has 0 aromatic carbocycles. The Morgan fingerprint density at radius 3 is 2.95 bits per heavy atom. The Bertz CT molecular complexity index is 467. The van der Waals surface area contributed by atoms with Crippen LogP contribution in [-0.2, 0) is 0 Å². The fourth-order valence-electron chi connectivity index (χ4n) is 2.43. The number of carboxylic acid groups (broad SMARTS) is 1. The van der Waals surface area contributed by atoms with Crippen LogP contribution >= 0.6 is 11.6 Å². The molecule has 1 aliphatic rings. The highest BCUT2D eigenvalue weighted by molar-refractivity contribution is 6.29. The van der Waals surface area contributed by atoms with E-state index < -0.39 is 5.97 Å². The van der Waals surface area contributed by atoms with Crippen molar-refractivity contribution in [2.24, 2.45) is 5.92 Å². The summed E-state index contributed by atoms with van der Waals surface area (Å²) in [5, 5.41) is 22.0. The van der Waals surface area contributed by atoms with Crippen LogP contribution in [0.25, 0.3) is 0 Å². The van der Waals surface area contributed by atoms with E-state index in [0.717, 1.165) is 25.7 Å². The van der Waals surface area contributed by atoms with E-state index in [1.165, 1.54) is 12.1 Å². The van der Waals surface area contributed by atoms with Crippen molar-refractivity contribution >= 4 is 23.4 Å². The topological polar surface area (TPSA) is 82.5 Å². The third-order valence-electron chi connectivity index (χ3n) is 3.40. The largest absolute Gasteiger partial charge is 0.478 e. The molecule has 0 amide bonds. The maximum absolute atomic E-state index is 11.1. The number of aromatic carboxylic acids is 1. The third kappa shape index (κ3) is 3.81. The molecular weight excluding hydrogens is 268 g/mol. The molecule has 0 radical (unpaired) electrons. The number of rotatable bonds is 4. The highest BCUT2D eigenvalue weighted by Gasteiger charge is 2.21. The van der Waals surface area contributed by atoms with Crippen LogP contribution in [0.1, 0.15) is 36.0 Å². The molecule has 0 bridgehead atoms. The van der Waals surface area contributed by atoms with E-state index in [0.29, 0.717) is 18.3 Å². The van der Waals surface area contributed by atoms with Crippen molar-refractivity contribution in [3.8, 4) is 0 Å². The van der Waals surface area contributed by atoms with Crippen LogP contribution in [0.2, 0.25) is 5.15 Å². The number of aliphatic hydroxyl groups is 1. The molecule has 1 aromatic rings. The first kappa shape index (κ1) is 14.1. The maximum atomic E-state index is 11.1. The summed E-state index contributed by atoms with van der Waals surface area (Å²) >= 11 is 5.78. The van der Waals surface area contributed by atoms with Crippen molar-refractivity contribution in [2.45, 2.75) is 31.8 Å². The van der Waals surface area contributed by atoms with Crippen molar-refractivity contribution in [1.29, 1.82) is 0 Å². The van der Waals surface area contributed by atoms with E-state index in [2.05, 4.69) is 10.3 Å². The molecule has 1 aromatic heterocycles. The van der Waals surface area contributed by atoms with Gasteiger partial charge in [0.1, 0.15) is 16.5 Å². The van der Waals surface area contributed by atoms with Gasteiger partial charge in [-0.2, -0.15) is 0 Å². The Morgan fingerprint density at radius 2 is 2.26 bits per heavy atom. The molecule has 6 heteroatoms. The van der Waals surface area contributed by atoms with Crippen molar-refractivity contribution < 1.29 is 15.0 Å². The van der Waals surface area contributed by atoms with Gasteiger partial charge in [-0.15, -0.1) is 0 Å². The summed E-state index contributed by atoms with van der Waals surface area (Å²) in [6.45, 7) is 0.602.